The number of hydrogen-bond donors (Lipinski definition) is 2. The zero-order valence-electron chi connectivity index (χ0n) is 12.7. The standard InChI is InChI=1S/C16H19N3O3/c1-3-11-15(9(2)22-19-11)16(21)18-13-6-4-5-12-10(13)7-8-14(20)17-12/h7-8,13H,3-6H2,1-2H3,(H,17,20)(H,18,21)/t13-/m0/s1. The largest absolute Gasteiger partial charge is 0.361 e. The summed E-state index contributed by atoms with van der Waals surface area (Å²) in [6.45, 7) is 3.68. The van der Waals surface area contributed by atoms with Gasteiger partial charge >= 0.3 is 0 Å². The van der Waals surface area contributed by atoms with Crippen molar-refractivity contribution >= 4 is 5.91 Å². The van der Waals surface area contributed by atoms with Crippen molar-refractivity contribution in [3.8, 4) is 0 Å². The summed E-state index contributed by atoms with van der Waals surface area (Å²) in [6, 6.07) is 3.22. The van der Waals surface area contributed by atoms with Crippen LogP contribution in [-0.2, 0) is 12.8 Å². The van der Waals surface area contributed by atoms with Gasteiger partial charge in [0.2, 0.25) is 5.56 Å². The highest BCUT2D eigenvalue weighted by Gasteiger charge is 2.26. The predicted octanol–water partition coefficient (Wildman–Crippen LogP) is 2.04. The highest BCUT2D eigenvalue weighted by Crippen LogP contribution is 2.28. The van der Waals surface area contributed by atoms with Crippen LogP contribution >= 0.6 is 0 Å². The third kappa shape index (κ3) is 2.56. The summed E-state index contributed by atoms with van der Waals surface area (Å²) in [5, 5.41) is 6.97. The third-order valence-electron chi connectivity index (χ3n) is 4.13. The molecule has 0 fully saturated rings. The first-order chi connectivity index (χ1) is 10.6. The Bertz CT molecular complexity index is 760. The number of carbonyl (C=O) groups is 1. The molecule has 0 saturated carbocycles. The number of aromatic nitrogens is 2. The number of aryl methyl sites for hydroxylation is 3. The van der Waals surface area contributed by atoms with Gasteiger partial charge in [-0.2, -0.15) is 0 Å². The van der Waals surface area contributed by atoms with Crippen LogP contribution in [-0.4, -0.2) is 16.0 Å². The molecule has 0 aliphatic heterocycles. The molecule has 2 aromatic rings. The Labute approximate surface area is 127 Å². The Morgan fingerprint density at radius 3 is 3.09 bits per heavy atom. The molecule has 2 N–H and O–H groups in total. The SMILES string of the molecule is CCc1noc(C)c1C(=O)N[C@H]1CCCc2[nH]c(=O)ccc21. The van der Waals surface area contributed by atoms with Crippen LogP contribution in [0.5, 0.6) is 0 Å². The number of H-pyrrole nitrogens is 1. The van der Waals surface area contributed by atoms with E-state index < -0.39 is 0 Å². The van der Waals surface area contributed by atoms with Crippen molar-refractivity contribution in [1.82, 2.24) is 15.5 Å². The number of carbonyl (C=O) groups excluding carboxylic acids is 1. The molecule has 6 heteroatoms. The molecule has 116 valence electrons. The van der Waals surface area contributed by atoms with E-state index in [-0.39, 0.29) is 17.5 Å². The second-order valence-corrected chi connectivity index (χ2v) is 5.59. The Morgan fingerprint density at radius 1 is 1.50 bits per heavy atom. The first-order valence-electron chi connectivity index (χ1n) is 7.58. The number of nitrogens with zero attached hydrogens (tertiary/aromatic N) is 1. The molecule has 1 aliphatic carbocycles. The van der Waals surface area contributed by atoms with E-state index in [2.05, 4.69) is 15.5 Å². The minimum absolute atomic E-state index is 0.0906. The summed E-state index contributed by atoms with van der Waals surface area (Å²) in [5.41, 5.74) is 3.01. The van der Waals surface area contributed by atoms with E-state index in [0.29, 0.717) is 23.4 Å². The van der Waals surface area contributed by atoms with Gasteiger partial charge < -0.3 is 14.8 Å². The Balaban J connectivity index is 1.87. The van der Waals surface area contributed by atoms with Crippen LogP contribution in [0.3, 0.4) is 0 Å². The van der Waals surface area contributed by atoms with Crippen LogP contribution in [0, 0.1) is 6.92 Å². The highest BCUT2D eigenvalue weighted by molar-refractivity contribution is 5.96. The Morgan fingerprint density at radius 2 is 2.32 bits per heavy atom. The molecule has 1 atom stereocenters. The lowest BCUT2D eigenvalue weighted by molar-refractivity contribution is 0.0930. The fraction of sp³-hybridized carbons (Fsp3) is 0.438. The number of aromatic amines is 1. The molecule has 1 aliphatic rings. The van der Waals surface area contributed by atoms with Gasteiger partial charge in [0.25, 0.3) is 5.91 Å². The lowest BCUT2D eigenvalue weighted by atomic mass is 9.91. The molecule has 1 amide bonds. The van der Waals surface area contributed by atoms with Crippen LogP contribution in [0.2, 0.25) is 0 Å². The molecule has 0 radical (unpaired) electrons. The first kappa shape index (κ1) is 14.6. The quantitative estimate of drug-likeness (QED) is 0.908. The zero-order valence-corrected chi connectivity index (χ0v) is 12.7. The van der Waals surface area contributed by atoms with Crippen LogP contribution in [0.4, 0.5) is 0 Å². The monoisotopic (exact) mass is 301 g/mol. The van der Waals surface area contributed by atoms with Gasteiger partial charge in [-0.15, -0.1) is 0 Å². The van der Waals surface area contributed by atoms with Gasteiger partial charge in [0, 0.05) is 11.8 Å². The minimum Gasteiger partial charge on any atom is -0.361 e. The second kappa shape index (κ2) is 5.79. The van der Waals surface area contributed by atoms with E-state index in [4.69, 9.17) is 4.52 Å². The average Bonchev–Trinajstić information content (AvgIpc) is 2.88. The van der Waals surface area contributed by atoms with Crippen molar-refractivity contribution < 1.29 is 9.32 Å². The van der Waals surface area contributed by atoms with Crippen LogP contribution in [0.15, 0.2) is 21.5 Å². The number of fused-ring (bicyclic) bond motifs is 1. The van der Waals surface area contributed by atoms with Crippen molar-refractivity contribution in [2.45, 2.75) is 45.6 Å². The summed E-state index contributed by atoms with van der Waals surface area (Å²) < 4.78 is 5.12. The first-order valence-corrected chi connectivity index (χ1v) is 7.58. The molecule has 2 aromatic heterocycles. The van der Waals surface area contributed by atoms with Gasteiger partial charge in [-0.05, 0) is 44.2 Å². The molecular weight excluding hydrogens is 282 g/mol. The Kier molecular flexibility index (Phi) is 3.83. The third-order valence-corrected chi connectivity index (χ3v) is 4.13. The van der Waals surface area contributed by atoms with Gasteiger partial charge in [0.05, 0.1) is 11.7 Å². The van der Waals surface area contributed by atoms with Crippen molar-refractivity contribution in [3.05, 3.63) is 50.8 Å². The summed E-state index contributed by atoms with van der Waals surface area (Å²) in [7, 11) is 0. The fourth-order valence-corrected chi connectivity index (χ4v) is 3.03. The van der Waals surface area contributed by atoms with Crippen molar-refractivity contribution in [2.75, 3.05) is 0 Å². The number of rotatable bonds is 3. The van der Waals surface area contributed by atoms with E-state index in [1.807, 2.05) is 6.92 Å². The van der Waals surface area contributed by atoms with Crippen molar-refractivity contribution in [2.24, 2.45) is 0 Å². The molecule has 0 aromatic carbocycles. The number of amides is 1. The zero-order chi connectivity index (χ0) is 15.7. The van der Waals surface area contributed by atoms with E-state index in [1.165, 1.54) is 6.07 Å². The summed E-state index contributed by atoms with van der Waals surface area (Å²) in [6.07, 6.45) is 3.27. The molecule has 2 heterocycles. The summed E-state index contributed by atoms with van der Waals surface area (Å²) >= 11 is 0. The number of nitrogens with one attached hydrogen (secondary N) is 2. The second-order valence-electron chi connectivity index (χ2n) is 5.59. The van der Waals surface area contributed by atoms with Crippen LogP contribution in [0.1, 0.15) is 58.9 Å². The Hall–Kier alpha value is -2.37. The van der Waals surface area contributed by atoms with E-state index in [9.17, 15) is 9.59 Å². The number of hydrogen-bond acceptors (Lipinski definition) is 4. The number of pyridine rings is 1. The van der Waals surface area contributed by atoms with E-state index in [0.717, 1.165) is 30.5 Å². The van der Waals surface area contributed by atoms with Gasteiger partial charge in [0.1, 0.15) is 11.3 Å². The molecule has 0 unspecified atom stereocenters. The molecule has 0 saturated heterocycles. The maximum absolute atomic E-state index is 12.6. The lowest BCUT2D eigenvalue weighted by Crippen LogP contribution is -2.32. The van der Waals surface area contributed by atoms with Crippen LogP contribution in [0.25, 0.3) is 0 Å². The molecule has 0 bridgehead atoms. The molecular formula is C16H19N3O3. The van der Waals surface area contributed by atoms with E-state index >= 15 is 0 Å². The minimum atomic E-state index is -0.167. The summed E-state index contributed by atoms with van der Waals surface area (Å²) in [5.74, 6) is 0.367. The maximum atomic E-state index is 12.6. The molecule has 6 nitrogen and oxygen atoms in total. The van der Waals surface area contributed by atoms with Crippen molar-refractivity contribution in [1.29, 1.82) is 0 Å². The van der Waals surface area contributed by atoms with Gasteiger partial charge in [-0.3, -0.25) is 9.59 Å². The summed E-state index contributed by atoms with van der Waals surface area (Å²) in [4.78, 5) is 26.9. The molecule has 22 heavy (non-hydrogen) atoms. The van der Waals surface area contributed by atoms with E-state index in [1.54, 1.807) is 13.0 Å². The fourth-order valence-electron chi connectivity index (χ4n) is 3.03. The average molecular weight is 301 g/mol. The van der Waals surface area contributed by atoms with Gasteiger partial charge in [-0.25, -0.2) is 0 Å². The van der Waals surface area contributed by atoms with Gasteiger partial charge in [-0.1, -0.05) is 12.1 Å². The lowest BCUT2D eigenvalue weighted by Gasteiger charge is -2.25. The van der Waals surface area contributed by atoms with Gasteiger partial charge in [0.15, 0.2) is 0 Å². The molecule has 0 spiro atoms. The normalized spacial score (nSPS) is 17.1. The molecule has 3 rings (SSSR count). The predicted molar refractivity (Wildman–Crippen MR) is 80.8 cm³/mol. The highest BCUT2D eigenvalue weighted by atomic mass is 16.5. The smallest absolute Gasteiger partial charge is 0.257 e. The maximum Gasteiger partial charge on any atom is 0.257 e. The van der Waals surface area contributed by atoms with Crippen molar-refractivity contribution in [3.63, 3.8) is 0 Å². The van der Waals surface area contributed by atoms with Crippen LogP contribution < -0.4 is 10.9 Å². The topological polar surface area (TPSA) is 88.0 Å².